The van der Waals surface area contributed by atoms with Crippen molar-refractivity contribution in [3.8, 4) is 0 Å². The van der Waals surface area contributed by atoms with Crippen molar-refractivity contribution in [1.82, 2.24) is 4.98 Å². The highest BCUT2D eigenvalue weighted by atomic mass is 35.5. The SMILES string of the molecule is FC(F)=CCCSc1nc2cc(Cl)ccc2s1. The second-order valence-corrected chi connectivity index (χ2v) is 6.03. The first kappa shape index (κ1) is 12.8. The quantitative estimate of drug-likeness (QED) is 0.566. The zero-order chi connectivity index (χ0) is 12.3. The summed E-state index contributed by atoms with van der Waals surface area (Å²) in [4.78, 5) is 4.38. The van der Waals surface area contributed by atoms with Crippen LogP contribution in [-0.2, 0) is 0 Å². The molecule has 2 rings (SSSR count). The Hall–Kier alpha value is -0.650. The number of allylic oxidation sites excluding steroid dienone is 1. The van der Waals surface area contributed by atoms with Crippen LogP contribution >= 0.6 is 34.7 Å². The number of hydrogen-bond donors (Lipinski definition) is 0. The van der Waals surface area contributed by atoms with Crippen LogP contribution in [0.25, 0.3) is 10.2 Å². The van der Waals surface area contributed by atoms with E-state index in [4.69, 9.17) is 11.6 Å². The third-order valence-corrected chi connectivity index (χ3v) is 4.42. The molecule has 0 aliphatic heterocycles. The number of thiazole rings is 1. The summed E-state index contributed by atoms with van der Waals surface area (Å²) in [6.45, 7) is 0. The fourth-order valence-corrected chi connectivity index (χ4v) is 3.43. The molecule has 0 radical (unpaired) electrons. The summed E-state index contributed by atoms with van der Waals surface area (Å²) < 4.78 is 25.5. The summed E-state index contributed by atoms with van der Waals surface area (Å²) in [6, 6.07) is 5.54. The maximum absolute atomic E-state index is 11.8. The van der Waals surface area contributed by atoms with Crippen molar-refractivity contribution in [2.45, 2.75) is 10.8 Å². The molecule has 17 heavy (non-hydrogen) atoms. The summed E-state index contributed by atoms with van der Waals surface area (Å²) in [6.07, 6.45) is -0.345. The molecule has 90 valence electrons. The molecule has 2 aromatic rings. The van der Waals surface area contributed by atoms with E-state index in [1.807, 2.05) is 12.1 Å². The van der Waals surface area contributed by atoms with Gasteiger partial charge in [0.05, 0.1) is 10.2 Å². The van der Waals surface area contributed by atoms with E-state index in [1.54, 1.807) is 17.4 Å². The van der Waals surface area contributed by atoms with Gasteiger partial charge in [-0.05, 0) is 30.7 Å². The van der Waals surface area contributed by atoms with Crippen LogP contribution in [0.5, 0.6) is 0 Å². The lowest BCUT2D eigenvalue weighted by atomic mass is 10.3. The number of aromatic nitrogens is 1. The average Bonchev–Trinajstić information content (AvgIpc) is 2.66. The van der Waals surface area contributed by atoms with Crippen LogP contribution in [-0.4, -0.2) is 10.7 Å². The van der Waals surface area contributed by atoms with Crippen molar-refractivity contribution in [3.05, 3.63) is 35.4 Å². The van der Waals surface area contributed by atoms with E-state index >= 15 is 0 Å². The molecule has 6 heteroatoms. The normalized spacial score (nSPS) is 10.8. The first-order valence-electron chi connectivity index (χ1n) is 4.85. The van der Waals surface area contributed by atoms with Crippen LogP contribution in [0.4, 0.5) is 8.78 Å². The number of fused-ring (bicyclic) bond motifs is 1. The first-order valence-corrected chi connectivity index (χ1v) is 7.03. The van der Waals surface area contributed by atoms with Gasteiger partial charge in [0.2, 0.25) is 0 Å². The second kappa shape index (κ2) is 5.80. The summed E-state index contributed by atoms with van der Waals surface area (Å²) in [5.41, 5.74) is 0.859. The van der Waals surface area contributed by atoms with E-state index in [9.17, 15) is 8.78 Å². The van der Waals surface area contributed by atoms with Crippen molar-refractivity contribution >= 4 is 44.9 Å². The molecule has 0 unspecified atom stereocenters. The molecular formula is C11H8ClF2NS2. The Balaban J connectivity index is 2.02. The van der Waals surface area contributed by atoms with E-state index in [0.29, 0.717) is 17.2 Å². The molecular weight excluding hydrogens is 284 g/mol. The first-order chi connectivity index (χ1) is 8.15. The average molecular weight is 292 g/mol. The summed E-state index contributed by atoms with van der Waals surface area (Å²) in [5, 5.41) is 0.654. The molecule has 0 spiro atoms. The van der Waals surface area contributed by atoms with Crippen LogP contribution in [0.1, 0.15) is 6.42 Å². The van der Waals surface area contributed by atoms with Gasteiger partial charge in [0, 0.05) is 10.8 Å². The minimum Gasteiger partial charge on any atom is -0.230 e. The lowest BCUT2D eigenvalue weighted by molar-refractivity contribution is 0.418. The molecule has 0 aliphatic carbocycles. The molecule has 0 saturated carbocycles. The third-order valence-electron chi connectivity index (χ3n) is 1.97. The predicted octanol–water partition coefficient (Wildman–Crippen LogP) is 5.21. The Labute approximate surface area is 111 Å². The molecule has 1 aromatic heterocycles. The largest absolute Gasteiger partial charge is 0.266 e. The van der Waals surface area contributed by atoms with Gasteiger partial charge in [0.25, 0.3) is 6.08 Å². The summed E-state index contributed by atoms with van der Waals surface area (Å²) in [5.74, 6) is 0.602. The number of benzene rings is 1. The van der Waals surface area contributed by atoms with E-state index in [2.05, 4.69) is 4.98 Å². The zero-order valence-electron chi connectivity index (χ0n) is 8.62. The number of nitrogens with zero attached hydrogens (tertiary/aromatic N) is 1. The van der Waals surface area contributed by atoms with Gasteiger partial charge in [-0.15, -0.1) is 11.3 Å². The van der Waals surface area contributed by atoms with Crippen molar-refractivity contribution < 1.29 is 8.78 Å². The van der Waals surface area contributed by atoms with Crippen molar-refractivity contribution in [2.24, 2.45) is 0 Å². The van der Waals surface area contributed by atoms with Gasteiger partial charge in [-0.2, -0.15) is 8.78 Å². The Kier molecular flexibility index (Phi) is 4.36. The standard InChI is InChI=1S/C11H8ClF2NS2/c12-7-3-4-9-8(6-7)15-11(17-9)16-5-1-2-10(13)14/h2-4,6H,1,5H2. The predicted molar refractivity (Wildman–Crippen MR) is 70.3 cm³/mol. The monoisotopic (exact) mass is 291 g/mol. The fraction of sp³-hybridized carbons (Fsp3) is 0.182. The van der Waals surface area contributed by atoms with Gasteiger partial charge in [-0.3, -0.25) is 0 Å². The molecule has 0 atom stereocenters. The molecule has 1 aromatic carbocycles. The molecule has 1 nitrogen and oxygen atoms in total. The minimum absolute atomic E-state index is 0.351. The highest BCUT2D eigenvalue weighted by Gasteiger charge is 2.04. The van der Waals surface area contributed by atoms with Gasteiger partial charge in [0.15, 0.2) is 4.34 Å². The van der Waals surface area contributed by atoms with Crippen molar-refractivity contribution in [1.29, 1.82) is 0 Å². The van der Waals surface area contributed by atoms with Crippen LogP contribution in [0, 0.1) is 0 Å². The lowest BCUT2D eigenvalue weighted by Crippen LogP contribution is -1.76. The molecule has 0 bridgehead atoms. The van der Waals surface area contributed by atoms with Gasteiger partial charge >= 0.3 is 0 Å². The van der Waals surface area contributed by atoms with E-state index in [0.717, 1.165) is 20.6 Å². The Morgan fingerprint density at radius 2 is 2.29 bits per heavy atom. The van der Waals surface area contributed by atoms with Crippen molar-refractivity contribution in [2.75, 3.05) is 5.75 Å². The Morgan fingerprint density at radius 1 is 1.47 bits per heavy atom. The topological polar surface area (TPSA) is 12.9 Å². The van der Waals surface area contributed by atoms with Gasteiger partial charge < -0.3 is 0 Å². The van der Waals surface area contributed by atoms with Crippen LogP contribution < -0.4 is 0 Å². The molecule has 0 N–H and O–H groups in total. The molecule has 0 fully saturated rings. The van der Waals surface area contributed by atoms with Crippen LogP contribution in [0.2, 0.25) is 5.02 Å². The molecule has 0 amide bonds. The number of rotatable bonds is 4. The number of hydrogen-bond acceptors (Lipinski definition) is 3. The maximum atomic E-state index is 11.8. The Bertz CT molecular complexity index is 549. The van der Waals surface area contributed by atoms with Crippen molar-refractivity contribution in [3.63, 3.8) is 0 Å². The molecule has 0 saturated heterocycles. The minimum atomic E-state index is -1.62. The zero-order valence-corrected chi connectivity index (χ0v) is 11.0. The lowest BCUT2D eigenvalue weighted by Gasteiger charge is -1.91. The van der Waals surface area contributed by atoms with E-state index < -0.39 is 6.08 Å². The maximum Gasteiger partial charge on any atom is 0.266 e. The second-order valence-electron chi connectivity index (χ2n) is 3.22. The number of thioether (sulfide) groups is 1. The third kappa shape index (κ3) is 3.66. The smallest absolute Gasteiger partial charge is 0.230 e. The summed E-state index contributed by atoms with van der Waals surface area (Å²) >= 11 is 8.89. The Morgan fingerprint density at radius 3 is 3.06 bits per heavy atom. The molecule has 0 aliphatic rings. The highest BCUT2D eigenvalue weighted by Crippen LogP contribution is 2.31. The van der Waals surface area contributed by atoms with Gasteiger partial charge in [0.1, 0.15) is 0 Å². The van der Waals surface area contributed by atoms with Crippen LogP contribution in [0.15, 0.2) is 34.7 Å². The van der Waals surface area contributed by atoms with E-state index in [-0.39, 0.29) is 0 Å². The molecule has 1 heterocycles. The highest BCUT2D eigenvalue weighted by molar-refractivity contribution is 8.01. The summed E-state index contributed by atoms with van der Waals surface area (Å²) in [7, 11) is 0. The van der Waals surface area contributed by atoms with Gasteiger partial charge in [-0.25, -0.2) is 4.98 Å². The van der Waals surface area contributed by atoms with Crippen LogP contribution in [0.3, 0.4) is 0 Å². The van der Waals surface area contributed by atoms with E-state index in [1.165, 1.54) is 11.8 Å². The number of halogens is 3. The fourth-order valence-electron chi connectivity index (χ4n) is 1.26. The van der Waals surface area contributed by atoms with Gasteiger partial charge in [-0.1, -0.05) is 23.4 Å².